The molecule has 0 fully saturated rings. The SMILES string of the molecule is CCCN(C(=O)OCc1ccccc1)C(CSc1ccc(Oc2ccccc2)cc1)(C(=O)OCC)C(F)(F)F. The molecule has 10 heteroatoms. The maximum atomic E-state index is 14.9. The van der Waals surface area contributed by atoms with Gasteiger partial charge < -0.3 is 14.2 Å². The highest BCUT2D eigenvalue weighted by atomic mass is 32.2. The van der Waals surface area contributed by atoms with Crippen LogP contribution in [0.3, 0.4) is 0 Å². The predicted molar refractivity (Wildman–Crippen MR) is 143 cm³/mol. The van der Waals surface area contributed by atoms with Gasteiger partial charge in [0, 0.05) is 17.2 Å². The summed E-state index contributed by atoms with van der Waals surface area (Å²) in [5.41, 5.74) is -2.67. The van der Waals surface area contributed by atoms with Crippen molar-refractivity contribution in [1.82, 2.24) is 4.90 Å². The Hall–Kier alpha value is -3.66. The number of esters is 1. The molecule has 0 heterocycles. The lowest BCUT2D eigenvalue weighted by Crippen LogP contribution is -2.68. The summed E-state index contributed by atoms with van der Waals surface area (Å²) in [7, 11) is 0. The average Bonchev–Trinajstić information content (AvgIpc) is 2.93. The zero-order valence-electron chi connectivity index (χ0n) is 21.6. The van der Waals surface area contributed by atoms with E-state index in [0.717, 1.165) is 11.8 Å². The molecule has 0 N–H and O–H groups in total. The summed E-state index contributed by atoms with van der Waals surface area (Å²) in [4.78, 5) is 27.1. The zero-order chi connectivity index (χ0) is 28.3. The second-order valence-corrected chi connectivity index (χ2v) is 9.49. The van der Waals surface area contributed by atoms with Gasteiger partial charge in [0.05, 0.1) is 6.61 Å². The number of carbonyl (C=O) groups is 2. The van der Waals surface area contributed by atoms with E-state index in [2.05, 4.69) is 0 Å². The number of hydrogen-bond acceptors (Lipinski definition) is 6. The largest absolute Gasteiger partial charge is 0.464 e. The number of alkyl halides is 3. The number of amides is 1. The van der Waals surface area contributed by atoms with Gasteiger partial charge in [-0.1, -0.05) is 55.5 Å². The summed E-state index contributed by atoms with van der Waals surface area (Å²) in [6.07, 6.45) is -6.24. The van der Waals surface area contributed by atoms with Crippen molar-refractivity contribution in [3.8, 4) is 11.5 Å². The van der Waals surface area contributed by atoms with Crippen molar-refractivity contribution in [3.63, 3.8) is 0 Å². The van der Waals surface area contributed by atoms with E-state index < -0.39 is 29.5 Å². The molecule has 0 spiro atoms. The molecule has 0 radical (unpaired) electrons. The smallest absolute Gasteiger partial charge is 0.423 e. The fourth-order valence-electron chi connectivity index (χ4n) is 3.72. The van der Waals surface area contributed by atoms with Crippen LogP contribution < -0.4 is 4.74 Å². The number of rotatable bonds is 12. The van der Waals surface area contributed by atoms with E-state index >= 15 is 0 Å². The number of para-hydroxylation sites is 1. The van der Waals surface area contributed by atoms with Gasteiger partial charge in [-0.3, -0.25) is 4.90 Å². The molecule has 3 rings (SSSR count). The summed E-state index contributed by atoms with van der Waals surface area (Å²) in [6.45, 7) is 2.13. The van der Waals surface area contributed by atoms with Crippen LogP contribution in [0.15, 0.2) is 89.8 Å². The van der Waals surface area contributed by atoms with Crippen molar-refractivity contribution < 1.29 is 37.0 Å². The first-order chi connectivity index (χ1) is 18.7. The van der Waals surface area contributed by atoms with Gasteiger partial charge in [0.15, 0.2) is 0 Å². The molecule has 6 nitrogen and oxygen atoms in total. The molecule has 0 saturated heterocycles. The lowest BCUT2D eigenvalue weighted by Gasteiger charge is -2.41. The number of ether oxygens (including phenoxy) is 3. The number of carbonyl (C=O) groups excluding carboxylic acids is 2. The van der Waals surface area contributed by atoms with Crippen LogP contribution in [-0.2, 0) is 20.9 Å². The normalized spacial score (nSPS) is 12.7. The summed E-state index contributed by atoms with van der Waals surface area (Å²) in [5.74, 6) is -1.27. The quantitative estimate of drug-likeness (QED) is 0.169. The predicted octanol–water partition coefficient (Wildman–Crippen LogP) is 7.48. The highest BCUT2D eigenvalue weighted by Crippen LogP contribution is 2.42. The van der Waals surface area contributed by atoms with E-state index in [9.17, 15) is 22.8 Å². The van der Waals surface area contributed by atoms with Crippen molar-refractivity contribution in [2.75, 3.05) is 18.9 Å². The van der Waals surface area contributed by atoms with Gasteiger partial charge >= 0.3 is 18.2 Å². The number of benzene rings is 3. The van der Waals surface area contributed by atoms with Crippen LogP contribution in [-0.4, -0.2) is 47.6 Å². The molecule has 1 amide bonds. The molecular weight excluding hydrogens is 531 g/mol. The Morgan fingerprint density at radius 1 is 0.821 bits per heavy atom. The van der Waals surface area contributed by atoms with Gasteiger partial charge in [0.25, 0.3) is 0 Å². The molecule has 0 aromatic heterocycles. The van der Waals surface area contributed by atoms with Gasteiger partial charge in [-0.05, 0) is 55.3 Å². The Balaban J connectivity index is 1.87. The van der Waals surface area contributed by atoms with Gasteiger partial charge in [0.1, 0.15) is 18.1 Å². The van der Waals surface area contributed by atoms with E-state index in [-0.39, 0.29) is 26.2 Å². The fourth-order valence-corrected chi connectivity index (χ4v) is 4.86. The van der Waals surface area contributed by atoms with Crippen LogP contribution in [0.5, 0.6) is 11.5 Å². The Morgan fingerprint density at radius 2 is 1.41 bits per heavy atom. The van der Waals surface area contributed by atoms with Gasteiger partial charge in [-0.15, -0.1) is 11.8 Å². The molecule has 0 bridgehead atoms. The Labute approximate surface area is 230 Å². The van der Waals surface area contributed by atoms with Crippen molar-refractivity contribution in [3.05, 3.63) is 90.5 Å². The highest BCUT2D eigenvalue weighted by Gasteiger charge is 2.67. The van der Waals surface area contributed by atoms with Crippen molar-refractivity contribution in [2.45, 2.75) is 43.5 Å². The first-order valence-electron chi connectivity index (χ1n) is 12.4. The first kappa shape index (κ1) is 29.9. The molecule has 1 atom stereocenters. The molecule has 0 aliphatic rings. The molecule has 39 heavy (non-hydrogen) atoms. The minimum absolute atomic E-state index is 0.161. The molecule has 0 saturated carbocycles. The van der Waals surface area contributed by atoms with Crippen molar-refractivity contribution in [1.29, 1.82) is 0 Å². The standard InChI is InChI=1S/C29H30F3NO5S/c1-3-19-33(27(35)37-20-22-11-7-5-8-12-22)28(29(30,31)32,26(34)36-4-2)21-39-25-17-15-24(16-18-25)38-23-13-9-6-10-14-23/h5-18H,3-4,19-21H2,1-2H3. The molecule has 1 unspecified atom stereocenters. The third kappa shape index (κ3) is 7.69. The van der Waals surface area contributed by atoms with Crippen LogP contribution in [0, 0.1) is 0 Å². The van der Waals surface area contributed by atoms with Crippen LogP contribution in [0.25, 0.3) is 0 Å². The van der Waals surface area contributed by atoms with E-state index in [1.54, 1.807) is 73.7 Å². The number of halogens is 3. The lowest BCUT2D eigenvalue weighted by atomic mass is 9.98. The molecule has 0 aliphatic carbocycles. The number of nitrogens with zero attached hydrogens (tertiary/aromatic N) is 1. The summed E-state index contributed by atoms with van der Waals surface area (Å²) >= 11 is 0.784. The molecule has 3 aromatic rings. The van der Waals surface area contributed by atoms with Crippen molar-refractivity contribution >= 4 is 23.8 Å². The topological polar surface area (TPSA) is 65.1 Å². The summed E-state index contributed by atoms with van der Waals surface area (Å²) in [5, 5.41) is 0. The van der Waals surface area contributed by atoms with Crippen LogP contribution >= 0.6 is 11.8 Å². The van der Waals surface area contributed by atoms with Crippen LogP contribution in [0.1, 0.15) is 25.8 Å². The lowest BCUT2D eigenvalue weighted by molar-refractivity contribution is -0.229. The molecular formula is C29H30F3NO5S. The van der Waals surface area contributed by atoms with E-state index in [4.69, 9.17) is 14.2 Å². The van der Waals surface area contributed by atoms with E-state index in [1.807, 2.05) is 18.2 Å². The Kier molecular flexibility index (Phi) is 10.7. The van der Waals surface area contributed by atoms with Gasteiger partial charge in [0.2, 0.25) is 5.54 Å². The maximum absolute atomic E-state index is 14.9. The third-order valence-corrected chi connectivity index (χ3v) is 6.83. The fraction of sp³-hybridized carbons (Fsp3) is 0.310. The minimum Gasteiger partial charge on any atom is -0.464 e. The Morgan fingerprint density at radius 3 is 1.97 bits per heavy atom. The zero-order valence-corrected chi connectivity index (χ0v) is 22.5. The summed E-state index contributed by atoms with van der Waals surface area (Å²) < 4.78 is 60.5. The second kappa shape index (κ2) is 13.9. The monoisotopic (exact) mass is 561 g/mol. The number of hydrogen-bond donors (Lipinski definition) is 0. The molecule has 3 aromatic carbocycles. The Bertz CT molecular complexity index is 1190. The average molecular weight is 562 g/mol. The van der Waals surface area contributed by atoms with Crippen LogP contribution in [0.4, 0.5) is 18.0 Å². The van der Waals surface area contributed by atoms with E-state index in [1.165, 1.54) is 6.92 Å². The highest BCUT2D eigenvalue weighted by molar-refractivity contribution is 7.99. The number of thioether (sulfide) groups is 1. The van der Waals surface area contributed by atoms with E-state index in [0.29, 0.717) is 26.9 Å². The summed E-state index contributed by atoms with van der Waals surface area (Å²) in [6, 6.07) is 24.0. The minimum atomic E-state index is -5.15. The molecule has 0 aliphatic heterocycles. The third-order valence-electron chi connectivity index (χ3n) is 5.67. The van der Waals surface area contributed by atoms with Crippen LogP contribution in [0.2, 0.25) is 0 Å². The van der Waals surface area contributed by atoms with Gasteiger partial charge in [-0.2, -0.15) is 13.2 Å². The first-order valence-corrected chi connectivity index (χ1v) is 13.4. The second-order valence-electron chi connectivity index (χ2n) is 8.45. The van der Waals surface area contributed by atoms with Crippen molar-refractivity contribution in [2.24, 2.45) is 0 Å². The molecule has 208 valence electrons. The van der Waals surface area contributed by atoms with Gasteiger partial charge in [-0.25, -0.2) is 9.59 Å². The maximum Gasteiger partial charge on any atom is 0.423 e.